The summed E-state index contributed by atoms with van der Waals surface area (Å²) in [6, 6.07) is 13.8. The summed E-state index contributed by atoms with van der Waals surface area (Å²) >= 11 is 7.42. The summed E-state index contributed by atoms with van der Waals surface area (Å²) < 4.78 is 16.6. The first-order valence-corrected chi connectivity index (χ1v) is 12.6. The van der Waals surface area contributed by atoms with Gasteiger partial charge in [0.15, 0.2) is 16.6 Å². The largest absolute Gasteiger partial charge is 0.493 e. The lowest BCUT2D eigenvalue weighted by Gasteiger charge is -2.37. The third-order valence-corrected chi connectivity index (χ3v) is 6.87. The van der Waals surface area contributed by atoms with Crippen molar-refractivity contribution in [2.24, 2.45) is 0 Å². The Bertz CT molecular complexity index is 1210. The van der Waals surface area contributed by atoms with Crippen LogP contribution in [0.5, 0.6) is 11.5 Å². The van der Waals surface area contributed by atoms with Gasteiger partial charge in [0.2, 0.25) is 5.82 Å². The molecule has 1 atom stereocenters. The van der Waals surface area contributed by atoms with E-state index in [4.69, 9.17) is 31.2 Å². The van der Waals surface area contributed by atoms with Gasteiger partial charge in [0.05, 0.1) is 25.8 Å². The van der Waals surface area contributed by atoms with E-state index in [1.807, 2.05) is 18.2 Å². The number of thiocarbonyl (C=S) groups is 1. The quantitative estimate of drug-likeness (QED) is 0.319. The molecule has 0 amide bonds. The van der Waals surface area contributed by atoms with Crippen LogP contribution in [0.25, 0.3) is 17.0 Å². The van der Waals surface area contributed by atoms with E-state index in [0.29, 0.717) is 28.3 Å². The van der Waals surface area contributed by atoms with E-state index in [-0.39, 0.29) is 6.04 Å². The minimum Gasteiger partial charge on any atom is -0.493 e. The second-order valence-electron chi connectivity index (χ2n) is 7.80. The predicted octanol–water partition coefficient (Wildman–Crippen LogP) is 5.55. The van der Waals surface area contributed by atoms with E-state index in [1.165, 1.54) is 4.90 Å². The Morgan fingerprint density at radius 1 is 1.12 bits per heavy atom. The van der Waals surface area contributed by atoms with Gasteiger partial charge in [-0.3, -0.25) is 0 Å². The van der Waals surface area contributed by atoms with Crippen molar-refractivity contribution in [1.29, 1.82) is 0 Å². The molecule has 0 fully saturated rings. The van der Waals surface area contributed by atoms with Crippen molar-refractivity contribution in [3.05, 3.63) is 59.6 Å². The average molecular weight is 497 g/mol. The van der Waals surface area contributed by atoms with E-state index in [0.717, 1.165) is 35.4 Å². The minimum absolute atomic E-state index is 0.199. The second-order valence-corrected chi connectivity index (χ2v) is 9.07. The Labute approximate surface area is 209 Å². The first-order chi connectivity index (χ1) is 16.5. The van der Waals surface area contributed by atoms with Gasteiger partial charge >= 0.3 is 0 Å². The van der Waals surface area contributed by atoms with Crippen LogP contribution in [0.1, 0.15) is 37.8 Å². The molecule has 0 spiro atoms. The van der Waals surface area contributed by atoms with Gasteiger partial charge in [-0.05, 0) is 67.7 Å². The van der Waals surface area contributed by atoms with Gasteiger partial charge in [-0.1, -0.05) is 24.2 Å². The van der Waals surface area contributed by atoms with Crippen LogP contribution in [-0.4, -0.2) is 47.2 Å². The van der Waals surface area contributed by atoms with E-state index < -0.39 is 0 Å². The van der Waals surface area contributed by atoms with Crippen molar-refractivity contribution in [3.63, 3.8) is 0 Å². The summed E-state index contributed by atoms with van der Waals surface area (Å²) in [7, 11) is 3.21. The van der Waals surface area contributed by atoms with Gasteiger partial charge < -0.3 is 24.2 Å². The topological polar surface area (TPSA) is 72.7 Å². The van der Waals surface area contributed by atoms with Crippen molar-refractivity contribution in [2.75, 3.05) is 27.0 Å². The number of rotatable bonds is 8. The highest BCUT2D eigenvalue weighted by Crippen LogP contribution is 2.38. The Balaban J connectivity index is 1.78. The molecule has 178 valence electrons. The molecule has 9 heteroatoms. The van der Waals surface area contributed by atoms with Crippen LogP contribution in [0.15, 0.2) is 57.6 Å². The molecule has 1 unspecified atom stereocenters. The fourth-order valence-corrected chi connectivity index (χ4v) is 4.78. The van der Waals surface area contributed by atoms with Gasteiger partial charge in [0.1, 0.15) is 0 Å². The molecule has 0 saturated heterocycles. The highest BCUT2D eigenvalue weighted by Gasteiger charge is 2.33. The van der Waals surface area contributed by atoms with Gasteiger partial charge in [0.25, 0.3) is 5.89 Å². The first kappa shape index (κ1) is 24.1. The van der Waals surface area contributed by atoms with Crippen LogP contribution < -0.4 is 14.8 Å². The Hall–Kier alpha value is -3.04. The number of benzene rings is 2. The summed E-state index contributed by atoms with van der Waals surface area (Å²) in [5, 5.41) is 8.46. The summed E-state index contributed by atoms with van der Waals surface area (Å²) in [4.78, 5) is 8.06. The van der Waals surface area contributed by atoms with Crippen LogP contribution in [-0.2, 0) is 0 Å². The molecule has 0 saturated carbocycles. The molecule has 3 aromatic rings. The monoisotopic (exact) mass is 496 g/mol. The number of hydrogen-bond donors (Lipinski definition) is 1. The lowest BCUT2D eigenvalue weighted by atomic mass is 9.95. The van der Waals surface area contributed by atoms with Gasteiger partial charge in [-0.15, -0.1) is 11.8 Å². The van der Waals surface area contributed by atoms with E-state index in [9.17, 15) is 0 Å². The van der Waals surface area contributed by atoms with Crippen LogP contribution in [0.4, 0.5) is 0 Å². The molecule has 0 aliphatic carbocycles. The Kier molecular flexibility index (Phi) is 7.43. The smallest absolute Gasteiger partial charge is 0.258 e. The SMILES string of the molecule is CCCN1C(=S)NC(c2ccc(SC)cc2)C(c2nc(-c3ccc(OC)c(OC)c3)no2)=C1C. The lowest BCUT2D eigenvalue weighted by Crippen LogP contribution is -2.46. The number of aromatic nitrogens is 2. The highest BCUT2D eigenvalue weighted by atomic mass is 32.2. The van der Waals surface area contributed by atoms with Crippen LogP contribution in [0.3, 0.4) is 0 Å². The summed E-state index contributed by atoms with van der Waals surface area (Å²) in [6.45, 7) is 4.99. The number of hydrogen-bond acceptors (Lipinski definition) is 7. The van der Waals surface area contributed by atoms with Crippen LogP contribution in [0, 0.1) is 0 Å². The van der Waals surface area contributed by atoms with E-state index in [2.05, 4.69) is 59.7 Å². The predicted molar refractivity (Wildman–Crippen MR) is 139 cm³/mol. The molecule has 1 N–H and O–H groups in total. The molecule has 0 bridgehead atoms. The molecule has 34 heavy (non-hydrogen) atoms. The summed E-state index contributed by atoms with van der Waals surface area (Å²) in [5.74, 6) is 2.18. The molecule has 7 nitrogen and oxygen atoms in total. The molecule has 0 radical (unpaired) electrons. The first-order valence-electron chi connectivity index (χ1n) is 11.0. The van der Waals surface area contributed by atoms with Crippen molar-refractivity contribution in [3.8, 4) is 22.9 Å². The Morgan fingerprint density at radius 2 is 1.85 bits per heavy atom. The fraction of sp³-hybridized carbons (Fsp3) is 0.320. The van der Waals surface area contributed by atoms with Crippen LogP contribution in [0.2, 0.25) is 0 Å². The maximum absolute atomic E-state index is 5.81. The molecule has 4 rings (SSSR count). The van der Waals surface area contributed by atoms with Crippen molar-refractivity contribution in [1.82, 2.24) is 20.4 Å². The molecular formula is C25H28N4O3S2. The molecule has 1 aliphatic rings. The number of nitrogens with one attached hydrogen (secondary N) is 1. The molecule has 1 aliphatic heterocycles. The number of ether oxygens (including phenoxy) is 2. The summed E-state index contributed by atoms with van der Waals surface area (Å²) in [6.07, 6.45) is 3.02. The molecule has 2 heterocycles. The molecule has 1 aromatic heterocycles. The highest BCUT2D eigenvalue weighted by molar-refractivity contribution is 7.98. The lowest BCUT2D eigenvalue weighted by molar-refractivity contribution is 0.355. The van der Waals surface area contributed by atoms with Crippen molar-refractivity contribution >= 4 is 34.7 Å². The fourth-order valence-electron chi connectivity index (χ4n) is 4.02. The van der Waals surface area contributed by atoms with Gasteiger partial charge in [-0.25, -0.2) is 0 Å². The van der Waals surface area contributed by atoms with Gasteiger partial charge in [-0.2, -0.15) is 4.98 Å². The zero-order valence-electron chi connectivity index (χ0n) is 19.9. The molecule has 2 aromatic carbocycles. The van der Waals surface area contributed by atoms with Gasteiger partial charge in [0, 0.05) is 22.7 Å². The zero-order valence-corrected chi connectivity index (χ0v) is 21.5. The number of nitrogens with zero attached hydrogens (tertiary/aromatic N) is 3. The third-order valence-electron chi connectivity index (χ3n) is 5.79. The number of methoxy groups -OCH3 is 2. The zero-order chi connectivity index (χ0) is 24.2. The van der Waals surface area contributed by atoms with E-state index in [1.54, 1.807) is 26.0 Å². The number of thioether (sulfide) groups is 1. The normalized spacial score (nSPS) is 16.0. The van der Waals surface area contributed by atoms with Crippen molar-refractivity contribution in [2.45, 2.75) is 31.2 Å². The van der Waals surface area contributed by atoms with Crippen LogP contribution >= 0.6 is 24.0 Å². The average Bonchev–Trinajstić information content (AvgIpc) is 3.35. The van der Waals surface area contributed by atoms with Crippen molar-refractivity contribution < 1.29 is 14.0 Å². The molecular weight excluding hydrogens is 468 g/mol. The third kappa shape index (κ3) is 4.63. The second kappa shape index (κ2) is 10.5. The summed E-state index contributed by atoms with van der Waals surface area (Å²) in [5.41, 5.74) is 3.78. The minimum atomic E-state index is -0.199. The standard InChI is InChI=1S/C25H28N4O3S2/c1-6-13-29-15(2)21(22(26-25(29)33)16-7-10-18(34-5)11-8-16)24-27-23(28-32-24)17-9-12-19(30-3)20(14-17)31-4/h7-12,14,22H,6,13H2,1-5H3,(H,26,33). The Morgan fingerprint density at radius 3 is 2.50 bits per heavy atom. The number of allylic oxidation sites excluding steroid dienone is 1. The van der Waals surface area contributed by atoms with E-state index >= 15 is 0 Å². The maximum Gasteiger partial charge on any atom is 0.258 e. The maximum atomic E-state index is 5.81.